The zero-order valence-corrected chi connectivity index (χ0v) is 15.5. The van der Waals surface area contributed by atoms with Gasteiger partial charge in [0.15, 0.2) is 5.78 Å². The molecule has 0 radical (unpaired) electrons. The largest absolute Gasteiger partial charge is 0.506 e. The number of nitrogens with zero attached hydrogens (tertiary/aromatic N) is 1. The van der Waals surface area contributed by atoms with E-state index in [1.807, 2.05) is 27.7 Å². The monoisotopic (exact) mass is 347 g/mol. The molecule has 2 rings (SSSR count). The molecule has 1 unspecified atom stereocenters. The third-order valence-corrected chi connectivity index (χ3v) is 4.08. The second kappa shape index (κ2) is 7.17. The molecular weight excluding hydrogens is 322 g/mol. The van der Waals surface area contributed by atoms with Gasteiger partial charge in [-0.25, -0.2) is 0 Å². The van der Waals surface area contributed by atoms with Crippen molar-refractivity contribution in [1.82, 2.24) is 4.90 Å². The van der Waals surface area contributed by atoms with Crippen molar-refractivity contribution in [2.75, 3.05) is 7.11 Å². The number of hydrogen-bond donors (Lipinski definition) is 1. The molecule has 1 atom stereocenters. The predicted octanol–water partition coefficient (Wildman–Crippen LogP) is 2.96. The Bertz CT molecular complexity index is 721. The van der Waals surface area contributed by atoms with Crippen LogP contribution in [0.4, 0.5) is 0 Å². The van der Waals surface area contributed by atoms with Crippen LogP contribution in [0.15, 0.2) is 23.8 Å². The minimum absolute atomic E-state index is 0.0130. The first kappa shape index (κ1) is 18.8. The Morgan fingerprint density at radius 1 is 1.20 bits per heavy atom. The molecule has 1 fully saturated rings. The van der Waals surface area contributed by atoms with E-state index in [1.54, 1.807) is 25.1 Å². The predicted molar refractivity (Wildman–Crippen MR) is 94.8 cm³/mol. The molecule has 1 heterocycles. The molecule has 25 heavy (non-hydrogen) atoms. The third kappa shape index (κ3) is 3.48. The SMILES string of the molecule is COc1cc(OC(C)C)ccc1/C(O)=C1\C(=O)C(C)N(C(C)C)C1=O. The van der Waals surface area contributed by atoms with Crippen LogP contribution >= 0.6 is 0 Å². The second-order valence-corrected chi connectivity index (χ2v) is 6.60. The standard InChI is InChI=1S/C19H25NO5/c1-10(2)20-12(5)17(21)16(19(20)23)18(22)14-8-7-13(25-11(3)4)9-15(14)24-6/h7-12,22H,1-6H3/b18-16-. The quantitative estimate of drug-likeness (QED) is 0.503. The number of benzene rings is 1. The minimum atomic E-state index is -0.598. The van der Waals surface area contributed by atoms with E-state index < -0.39 is 11.9 Å². The maximum absolute atomic E-state index is 12.6. The molecule has 1 aromatic carbocycles. The van der Waals surface area contributed by atoms with Gasteiger partial charge in [0.2, 0.25) is 0 Å². The number of carbonyl (C=O) groups excluding carboxylic acids is 2. The summed E-state index contributed by atoms with van der Waals surface area (Å²) in [6.07, 6.45) is -0.0130. The molecule has 6 heteroatoms. The van der Waals surface area contributed by atoms with Crippen molar-refractivity contribution in [3.8, 4) is 11.5 Å². The van der Waals surface area contributed by atoms with Crippen molar-refractivity contribution in [2.45, 2.75) is 52.8 Å². The summed E-state index contributed by atoms with van der Waals surface area (Å²) < 4.78 is 10.9. The maximum Gasteiger partial charge on any atom is 0.262 e. The van der Waals surface area contributed by atoms with Gasteiger partial charge >= 0.3 is 0 Å². The molecule has 1 saturated heterocycles. The van der Waals surface area contributed by atoms with Crippen molar-refractivity contribution in [2.24, 2.45) is 0 Å². The van der Waals surface area contributed by atoms with Gasteiger partial charge < -0.3 is 19.5 Å². The van der Waals surface area contributed by atoms with E-state index in [9.17, 15) is 14.7 Å². The Morgan fingerprint density at radius 3 is 2.32 bits per heavy atom. The molecule has 6 nitrogen and oxygen atoms in total. The lowest BCUT2D eigenvalue weighted by Crippen LogP contribution is -2.38. The summed E-state index contributed by atoms with van der Waals surface area (Å²) >= 11 is 0. The number of carbonyl (C=O) groups is 2. The Morgan fingerprint density at radius 2 is 1.84 bits per heavy atom. The summed E-state index contributed by atoms with van der Waals surface area (Å²) in [6, 6.07) is 4.14. The van der Waals surface area contributed by atoms with E-state index in [0.29, 0.717) is 11.5 Å². The molecule has 0 aromatic heterocycles. The van der Waals surface area contributed by atoms with Crippen LogP contribution in [0, 0.1) is 0 Å². The fourth-order valence-electron chi connectivity index (χ4n) is 2.99. The lowest BCUT2D eigenvalue weighted by Gasteiger charge is -2.24. The molecule has 0 spiro atoms. The van der Waals surface area contributed by atoms with Crippen LogP contribution in [0.1, 0.15) is 40.2 Å². The van der Waals surface area contributed by atoms with Gasteiger partial charge in [-0.1, -0.05) is 0 Å². The second-order valence-electron chi connectivity index (χ2n) is 6.60. The Balaban J connectivity index is 2.52. The maximum atomic E-state index is 12.6. The number of likely N-dealkylation sites (tertiary alicyclic amines) is 1. The normalized spacial score (nSPS) is 19.8. The highest BCUT2D eigenvalue weighted by molar-refractivity contribution is 6.30. The van der Waals surface area contributed by atoms with Gasteiger partial charge in [0, 0.05) is 12.1 Å². The van der Waals surface area contributed by atoms with E-state index in [1.165, 1.54) is 12.0 Å². The molecule has 1 aliphatic rings. The highest BCUT2D eigenvalue weighted by Crippen LogP contribution is 2.34. The fourth-order valence-corrected chi connectivity index (χ4v) is 2.99. The Hall–Kier alpha value is -2.50. The van der Waals surface area contributed by atoms with Gasteiger partial charge in [0.05, 0.1) is 24.8 Å². The number of Topliss-reactive ketones (excluding diaryl/α,β-unsaturated/α-hetero) is 1. The van der Waals surface area contributed by atoms with Crippen molar-refractivity contribution >= 4 is 17.4 Å². The van der Waals surface area contributed by atoms with Crippen molar-refractivity contribution in [3.63, 3.8) is 0 Å². The van der Waals surface area contributed by atoms with E-state index in [-0.39, 0.29) is 34.8 Å². The molecular formula is C19H25NO5. The van der Waals surface area contributed by atoms with Crippen LogP contribution in [0.2, 0.25) is 0 Å². The van der Waals surface area contributed by atoms with Crippen LogP contribution < -0.4 is 9.47 Å². The lowest BCUT2D eigenvalue weighted by atomic mass is 10.0. The smallest absolute Gasteiger partial charge is 0.262 e. The fraction of sp³-hybridized carbons (Fsp3) is 0.474. The summed E-state index contributed by atoms with van der Waals surface area (Å²) in [5.74, 6) is -0.303. The van der Waals surface area contributed by atoms with E-state index in [4.69, 9.17) is 9.47 Å². The number of rotatable bonds is 5. The van der Waals surface area contributed by atoms with Gasteiger partial charge in [-0.2, -0.15) is 0 Å². The van der Waals surface area contributed by atoms with Crippen molar-refractivity contribution < 1.29 is 24.2 Å². The zero-order chi connectivity index (χ0) is 18.9. The summed E-state index contributed by atoms with van der Waals surface area (Å²) in [7, 11) is 1.46. The van der Waals surface area contributed by atoms with Crippen LogP contribution in [0.25, 0.3) is 5.76 Å². The van der Waals surface area contributed by atoms with Gasteiger partial charge in [-0.05, 0) is 46.8 Å². The molecule has 1 aliphatic heterocycles. The van der Waals surface area contributed by atoms with Crippen LogP contribution in [0.5, 0.6) is 11.5 Å². The summed E-state index contributed by atoms with van der Waals surface area (Å²) in [6.45, 7) is 9.13. The number of hydrogen-bond acceptors (Lipinski definition) is 5. The van der Waals surface area contributed by atoms with Gasteiger partial charge in [0.25, 0.3) is 5.91 Å². The van der Waals surface area contributed by atoms with Gasteiger partial charge in [-0.15, -0.1) is 0 Å². The molecule has 136 valence electrons. The zero-order valence-electron chi connectivity index (χ0n) is 15.5. The molecule has 1 amide bonds. The highest BCUT2D eigenvalue weighted by atomic mass is 16.5. The van der Waals surface area contributed by atoms with E-state index in [2.05, 4.69) is 0 Å². The first-order valence-corrected chi connectivity index (χ1v) is 8.34. The van der Waals surface area contributed by atoms with E-state index in [0.717, 1.165) is 0 Å². The number of amides is 1. The summed E-state index contributed by atoms with van der Waals surface area (Å²) in [4.78, 5) is 26.6. The average Bonchev–Trinajstić information content (AvgIpc) is 2.75. The molecule has 1 aromatic rings. The van der Waals surface area contributed by atoms with Crippen molar-refractivity contribution in [1.29, 1.82) is 0 Å². The van der Waals surface area contributed by atoms with Crippen LogP contribution in [-0.2, 0) is 9.59 Å². The van der Waals surface area contributed by atoms with Gasteiger partial charge in [-0.3, -0.25) is 9.59 Å². The number of aliphatic hydroxyl groups is 1. The minimum Gasteiger partial charge on any atom is -0.506 e. The highest BCUT2D eigenvalue weighted by Gasteiger charge is 2.44. The van der Waals surface area contributed by atoms with E-state index >= 15 is 0 Å². The number of ketones is 1. The summed E-state index contributed by atoms with van der Waals surface area (Å²) in [5, 5.41) is 10.7. The first-order chi connectivity index (χ1) is 11.7. The molecule has 0 saturated carbocycles. The third-order valence-electron chi connectivity index (χ3n) is 4.08. The molecule has 1 N–H and O–H groups in total. The summed E-state index contributed by atoms with van der Waals surface area (Å²) in [5.41, 5.74) is 0.0881. The lowest BCUT2D eigenvalue weighted by molar-refractivity contribution is -0.128. The topological polar surface area (TPSA) is 76.1 Å². The molecule has 0 aliphatic carbocycles. The number of ether oxygens (including phenoxy) is 2. The number of methoxy groups -OCH3 is 1. The van der Waals surface area contributed by atoms with Gasteiger partial charge in [0.1, 0.15) is 22.8 Å². The Kier molecular flexibility index (Phi) is 5.40. The molecule has 0 bridgehead atoms. The van der Waals surface area contributed by atoms with Crippen molar-refractivity contribution in [3.05, 3.63) is 29.3 Å². The average molecular weight is 347 g/mol. The Labute approximate surface area is 148 Å². The van der Waals surface area contributed by atoms with Crippen LogP contribution in [0.3, 0.4) is 0 Å². The first-order valence-electron chi connectivity index (χ1n) is 8.34. The van der Waals surface area contributed by atoms with Crippen LogP contribution in [-0.4, -0.2) is 47.0 Å². The number of aliphatic hydroxyl groups excluding tert-OH is 1.